The highest BCUT2D eigenvalue weighted by Crippen LogP contribution is 2.28. The van der Waals surface area contributed by atoms with E-state index in [1.165, 1.54) is 6.42 Å². The van der Waals surface area contributed by atoms with Crippen LogP contribution in [-0.4, -0.2) is 37.1 Å². The van der Waals surface area contributed by atoms with Crippen LogP contribution in [0.15, 0.2) is 12.2 Å². The van der Waals surface area contributed by atoms with Crippen molar-refractivity contribution in [1.29, 1.82) is 0 Å². The summed E-state index contributed by atoms with van der Waals surface area (Å²) in [4.78, 5) is 14.4. The Morgan fingerprint density at radius 2 is 1.77 bits per heavy atom. The molecule has 0 aromatic heterocycles. The minimum absolute atomic E-state index is 0.0889. The van der Waals surface area contributed by atoms with E-state index in [-0.39, 0.29) is 17.2 Å². The molecule has 1 rings (SSSR count). The van der Waals surface area contributed by atoms with Gasteiger partial charge in [-0.05, 0) is 30.1 Å². The summed E-state index contributed by atoms with van der Waals surface area (Å²) in [6, 6.07) is 0. The van der Waals surface area contributed by atoms with Gasteiger partial charge in [-0.25, -0.2) is 0 Å². The molecule has 1 aliphatic heterocycles. The Kier molecular flexibility index (Phi) is 7.61. The molecule has 128 valence electrons. The van der Waals surface area contributed by atoms with Crippen molar-refractivity contribution in [3.8, 4) is 0 Å². The Morgan fingerprint density at radius 1 is 1.18 bits per heavy atom. The third-order valence-corrected chi connectivity index (χ3v) is 4.28. The molecule has 1 fully saturated rings. The quantitative estimate of drug-likeness (QED) is 0.662. The fourth-order valence-corrected chi connectivity index (χ4v) is 3.38. The highest BCUT2D eigenvalue weighted by Gasteiger charge is 2.23. The van der Waals surface area contributed by atoms with E-state index in [2.05, 4.69) is 53.7 Å². The Hall–Kier alpha value is -0.830. The molecule has 3 nitrogen and oxygen atoms in total. The molecule has 0 aliphatic carbocycles. The number of amides is 1. The minimum Gasteiger partial charge on any atom is -0.378 e. The first-order valence-corrected chi connectivity index (χ1v) is 8.77. The molecule has 0 bridgehead atoms. The van der Waals surface area contributed by atoms with Gasteiger partial charge in [-0.1, -0.05) is 53.7 Å². The zero-order chi connectivity index (χ0) is 16.8. The summed E-state index contributed by atoms with van der Waals surface area (Å²) < 4.78 is 5.31. The molecule has 1 amide bonds. The zero-order valence-corrected chi connectivity index (χ0v) is 15.4. The number of morpholine rings is 1. The normalized spacial score (nSPS) is 19.7. The summed E-state index contributed by atoms with van der Waals surface area (Å²) >= 11 is 0. The second-order valence-electron chi connectivity index (χ2n) is 8.00. The average Bonchev–Trinajstić information content (AvgIpc) is 2.44. The molecule has 1 heterocycles. The van der Waals surface area contributed by atoms with Crippen molar-refractivity contribution in [2.75, 3.05) is 26.3 Å². The van der Waals surface area contributed by atoms with Gasteiger partial charge in [-0.2, -0.15) is 0 Å². The first-order valence-electron chi connectivity index (χ1n) is 8.77. The van der Waals surface area contributed by atoms with Crippen LogP contribution in [0.5, 0.6) is 0 Å². The molecule has 0 N–H and O–H groups in total. The van der Waals surface area contributed by atoms with Gasteiger partial charge in [-0.3, -0.25) is 4.79 Å². The van der Waals surface area contributed by atoms with Crippen LogP contribution in [0, 0.1) is 23.2 Å². The molecule has 2 unspecified atom stereocenters. The van der Waals surface area contributed by atoms with E-state index in [9.17, 15) is 4.79 Å². The van der Waals surface area contributed by atoms with Crippen molar-refractivity contribution >= 4 is 5.91 Å². The third kappa shape index (κ3) is 6.95. The highest BCUT2D eigenvalue weighted by atomic mass is 16.5. The van der Waals surface area contributed by atoms with E-state index < -0.39 is 0 Å². The number of hydrogen-bond donors (Lipinski definition) is 0. The third-order valence-electron chi connectivity index (χ3n) is 4.28. The topological polar surface area (TPSA) is 29.5 Å². The van der Waals surface area contributed by atoms with Crippen molar-refractivity contribution in [2.45, 2.75) is 54.4 Å². The van der Waals surface area contributed by atoms with Crippen molar-refractivity contribution in [3.63, 3.8) is 0 Å². The molecule has 2 atom stereocenters. The Labute approximate surface area is 137 Å². The summed E-state index contributed by atoms with van der Waals surface area (Å²) in [7, 11) is 0. The molecule has 1 saturated heterocycles. The van der Waals surface area contributed by atoms with Gasteiger partial charge in [-0.15, -0.1) is 0 Å². The van der Waals surface area contributed by atoms with E-state index in [4.69, 9.17) is 4.74 Å². The Bertz CT molecular complexity index is 368. The van der Waals surface area contributed by atoms with Crippen molar-refractivity contribution in [2.24, 2.45) is 23.2 Å². The standard InChI is InChI=1S/C19H35NO2/c1-15(2)14-19(5,6)8-7-16(3)13-17(4)18(21)20-9-11-22-12-10-20/h7-8,15-17H,9-14H2,1-6H3/b8-7-. The predicted molar refractivity (Wildman–Crippen MR) is 92.7 cm³/mol. The summed E-state index contributed by atoms with van der Waals surface area (Å²) in [6.07, 6.45) is 6.75. The molecule has 1 aliphatic rings. The molecule has 22 heavy (non-hydrogen) atoms. The van der Waals surface area contributed by atoms with Gasteiger partial charge in [0.25, 0.3) is 0 Å². The summed E-state index contributed by atoms with van der Waals surface area (Å²) in [5, 5.41) is 0. The van der Waals surface area contributed by atoms with Crippen LogP contribution < -0.4 is 0 Å². The molecular formula is C19H35NO2. The SMILES string of the molecule is CC(C)CC(C)(C)/C=C\C(C)CC(C)C(=O)N1CCOCC1. The van der Waals surface area contributed by atoms with E-state index in [1.807, 2.05) is 4.90 Å². The van der Waals surface area contributed by atoms with E-state index in [0.717, 1.165) is 19.5 Å². The predicted octanol–water partition coefficient (Wildman–Crippen LogP) is 4.14. The lowest BCUT2D eigenvalue weighted by Crippen LogP contribution is -2.43. The maximum atomic E-state index is 12.4. The molecule has 3 heteroatoms. The number of ether oxygens (including phenoxy) is 1. The summed E-state index contributed by atoms with van der Waals surface area (Å²) in [5.41, 5.74) is 0.236. The molecule has 0 radical (unpaired) electrons. The van der Waals surface area contributed by atoms with Crippen LogP contribution >= 0.6 is 0 Å². The monoisotopic (exact) mass is 309 g/mol. The second kappa shape index (κ2) is 8.71. The van der Waals surface area contributed by atoms with Crippen LogP contribution in [0.1, 0.15) is 54.4 Å². The lowest BCUT2D eigenvalue weighted by Gasteiger charge is -2.30. The zero-order valence-electron chi connectivity index (χ0n) is 15.4. The lowest BCUT2D eigenvalue weighted by atomic mass is 9.82. The Balaban J connectivity index is 2.45. The van der Waals surface area contributed by atoms with Gasteiger partial charge in [0.2, 0.25) is 5.91 Å². The average molecular weight is 309 g/mol. The number of carbonyl (C=O) groups is 1. The first kappa shape index (κ1) is 19.2. The van der Waals surface area contributed by atoms with Crippen LogP contribution in [-0.2, 0) is 9.53 Å². The maximum absolute atomic E-state index is 12.4. The summed E-state index contributed by atoms with van der Waals surface area (Å²) in [5.74, 6) is 1.51. The second-order valence-corrected chi connectivity index (χ2v) is 8.00. The Morgan fingerprint density at radius 3 is 2.32 bits per heavy atom. The van der Waals surface area contributed by atoms with Crippen molar-refractivity contribution in [1.82, 2.24) is 4.90 Å². The number of hydrogen-bond acceptors (Lipinski definition) is 2. The number of rotatable bonds is 7. The van der Waals surface area contributed by atoms with E-state index in [1.54, 1.807) is 0 Å². The molecule has 0 spiro atoms. The number of allylic oxidation sites excluding steroid dienone is 2. The smallest absolute Gasteiger partial charge is 0.225 e. The molecular weight excluding hydrogens is 274 g/mol. The fourth-order valence-electron chi connectivity index (χ4n) is 3.38. The highest BCUT2D eigenvalue weighted by molar-refractivity contribution is 5.78. The van der Waals surface area contributed by atoms with Crippen molar-refractivity contribution < 1.29 is 9.53 Å². The van der Waals surface area contributed by atoms with Crippen LogP contribution in [0.2, 0.25) is 0 Å². The van der Waals surface area contributed by atoms with Gasteiger partial charge in [0.15, 0.2) is 0 Å². The minimum atomic E-state index is 0.0889. The maximum Gasteiger partial charge on any atom is 0.225 e. The lowest BCUT2D eigenvalue weighted by molar-refractivity contribution is -0.139. The molecule has 0 saturated carbocycles. The number of nitrogens with zero attached hydrogens (tertiary/aromatic N) is 1. The van der Waals surface area contributed by atoms with Gasteiger partial charge in [0.05, 0.1) is 13.2 Å². The fraction of sp³-hybridized carbons (Fsp3) is 0.842. The van der Waals surface area contributed by atoms with Crippen LogP contribution in [0.3, 0.4) is 0 Å². The van der Waals surface area contributed by atoms with Gasteiger partial charge in [0, 0.05) is 19.0 Å². The molecule has 0 aromatic rings. The van der Waals surface area contributed by atoms with Crippen molar-refractivity contribution in [3.05, 3.63) is 12.2 Å². The number of carbonyl (C=O) groups excluding carboxylic acids is 1. The summed E-state index contributed by atoms with van der Waals surface area (Å²) in [6.45, 7) is 16.2. The van der Waals surface area contributed by atoms with Gasteiger partial charge < -0.3 is 9.64 Å². The van der Waals surface area contributed by atoms with E-state index >= 15 is 0 Å². The van der Waals surface area contributed by atoms with Gasteiger partial charge >= 0.3 is 0 Å². The van der Waals surface area contributed by atoms with Crippen LogP contribution in [0.25, 0.3) is 0 Å². The van der Waals surface area contributed by atoms with E-state index in [0.29, 0.717) is 25.0 Å². The first-order chi connectivity index (χ1) is 10.2. The largest absolute Gasteiger partial charge is 0.378 e. The van der Waals surface area contributed by atoms with Gasteiger partial charge in [0.1, 0.15) is 0 Å². The molecule has 0 aromatic carbocycles. The van der Waals surface area contributed by atoms with Crippen LogP contribution in [0.4, 0.5) is 0 Å².